The van der Waals surface area contributed by atoms with Crippen molar-refractivity contribution in [3.63, 3.8) is 0 Å². The van der Waals surface area contributed by atoms with Gasteiger partial charge in [0.15, 0.2) is 0 Å². The van der Waals surface area contributed by atoms with E-state index in [1.165, 1.54) is 17.7 Å². The summed E-state index contributed by atoms with van der Waals surface area (Å²) in [6, 6.07) is 20.6. The lowest BCUT2D eigenvalue weighted by Crippen LogP contribution is -2.50. The molecule has 3 aromatic rings. The second-order valence-electron chi connectivity index (χ2n) is 12.4. The van der Waals surface area contributed by atoms with Gasteiger partial charge in [0.2, 0.25) is 5.91 Å². The number of aliphatic hydroxyl groups excluding tert-OH is 1. The smallest absolute Gasteiger partial charge is 0.230 e. The van der Waals surface area contributed by atoms with Gasteiger partial charge in [0.05, 0.1) is 17.7 Å². The number of benzene rings is 3. The summed E-state index contributed by atoms with van der Waals surface area (Å²) in [7, 11) is 0. The van der Waals surface area contributed by atoms with Crippen LogP contribution in [0.5, 0.6) is 0 Å². The Morgan fingerprint density at radius 1 is 1.00 bits per heavy atom. The molecular formula is C35H43F2N3O3. The second kappa shape index (κ2) is 14.2. The van der Waals surface area contributed by atoms with Crippen LogP contribution < -0.4 is 10.6 Å². The van der Waals surface area contributed by atoms with Crippen molar-refractivity contribution in [3.05, 3.63) is 101 Å². The summed E-state index contributed by atoms with van der Waals surface area (Å²) >= 11 is 0. The van der Waals surface area contributed by atoms with Crippen molar-refractivity contribution in [2.45, 2.75) is 76.9 Å². The van der Waals surface area contributed by atoms with E-state index in [0.717, 1.165) is 43.0 Å². The van der Waals surface area contributed by atoms with Crippen LogP contribution in [-0.2, 0) is 27.0 Å². The summed E-state index contributed by atoms with van der Waals surface area (Å²) in [5, 5.41) is 22.3. The summed E-state index contributed by atoms with van der Waals surface area (Å²) in [6.45, 7) is 9.04. The number of anilines is 1. The van der Waals surface area contributed by atoms with Gasteiger partial charge >= 0.3 is 0 Å². The third kappa shape index (κ3) is 8.71. The van der Waals surface area contributed by atoms with Crippen LogP contribution in [0.15, 0.2) is 78.0 Å². The Hall–Kier alpha value is -3.62. The molecule has 2 unspecified atom stereocenters. The Morgan fingerprint density at radius 2 is 1.67 bits per heavy atom. The number of amides is 1. The Bertz CT molecular complexity index is 1370. The van der Waals surface area contributed by atoms with Crippen molar-refractivity contribution < 1.29 is 23.5 Å². The number of rotatable bonds is 11. The van der Waals surface area contributed by atoms with E-state index in [0.29, 0.717) is 17.9 Å². The average Bonchev–Trinajstić information content (AvgIpc) is 2.98. The molecule has 1 fully saturated rings. The molecule has 1 aliphatic rings. The molecule has 4 rings (SSSR count). The quantitative estimate of drug-likeness (QED) is 0.213. The Balaban J connectivity index is 1.61. The molecule has 0 aromatic heterocycles. The first kappa shape index (κ1) is 32.3. The van der Waals surface area contributed by atoms with Gasteiger partial charge in [-0.05, 0) is 85.4 Å². The SMILES string of the molecule is CCON=C1CCC(NCC(O)C(Cc2cc(F)cc(F)c2)C(=O)Nc2ccccc2)(c2cccc(C(C)(C)C)c2)CC1. The second-order valence-corrected chi connectivity index (χ2v) is 12.4. The minimum atomic E-state index is -1.14. The molecule has 0 radical (unpaired) electrons. The molecule has 0 spiro atoms. The molecule has 6 nitrogen and oxygen atoms in total. The minimum Gasteiger partial charge on any atom is -0.396 e. The topological polar surface area (TPSA) is 82.9 Å². The summed E-state index contributed by atoms with van der Waals surface area (Å²) < 4.78 is 28.1. The zero-order valence-electron chi connectivity index (χ0n) is 25.5. The summed E-state index contributed by atoms with van der Waals surface area (Å²) in [4.78, 5) is 18.8. The van der Waals surface area contributed by atoms with Crippen LogP contribution in [0.1, 0.15) is 70.1 Å². The van der Waals surface area contributed by atoms with Crippen molar-refractivity contribution in [2.75, 3.05) is 18.5 Å². The van der Waals surface area contributed by atoms with E-state index in [4.69, 9.17) is 4.84 Å². The summed E-state index contributed by atoms with van der Waals surface area (Å²) in [5.41, 5.74) is 3.67. The van der Waals surface area contributed by atoms with E-state index < -0.39 is 35.1 Å². The average molecular weight is 592 g/mol. The lowest BCUT2D eigenvalue weighted by molar-refractivity contribution is -0.123. The van der Waals surface area contributed by atoms with Crippen LogP contribution in [0.4, 0.5) is 14.5 Å². The molecule has 0 bridgehead atoms. The van der Waals surface area contributed by atoms with Crippen molar-refractivity contribution in [2.24, 2.45) is 11.1 Å². The van der Waals surface area contributed by atoms with Crippen LogP contribution in [0, 0.1) is 17.6 Å². The zero-order chi connectivity index (χ0) is 31.0. The fraction of sp³-hybridized carbons (Fsp3) is 0.429. The summed E-state index contributed by atoms with van der Waals surface area (Å²) in [5.74, 6) is -2.85. The number of halogens is 2. The van der Waals surface area contributed by atoms with E-state index in [-0.39, 0.29) is 18.4 Å². The molecule has 1 aliphatic carbocycles. The molecule has 1 saturated carbocycles. The molecule has 0 heterocycles. The van der Waals surface area contributed by atoms with Gasteiger partial charge in [-0.15, -0.1) is 0 Å². The number of oxime groups is 1. The normalized spacial score (nSPS) is 18.5. The van der Waals surface area contributed by atoms with E-state index in [2.05, 4.69) is 60.8 Å². The van der Waals surface area contributed by atoms with Gasteiger partial charge in [0.25, 0.3) is 0 Å². The Morgan fingerprint density at radius 3 is 2.30 bits per heavy atom. The number of hydrogen-bond donors (Lipinski definition) is 3. The maximum atomic E-state index is 14.0. The Kier molecular flexibility index (Phi) is 10.7. The van der Waals surface area contributed by atoms with Gasteiger partial charge in [-0.2, -0.15) is 0 Å². The van der Waals surface area contributed by atoms with Crippen molar-refractivity contribution in [1.29, 1.82) is 0 Å². The molecule has 1 amide bonds. The number of para-hydroxylation sites is 1. The van der Waals surface area contributed by atoms with Gasteiger partial charge in [-0.3, -0.25) is 4.79 Å². The first-order valence-electron chi connectivity index (χ1n) is 15.0. The number of nitrogens with one attached hydrogen (secondary N) is 2. The molecule has 2 atom stereocenters. The maximum absolute atomic E-state index is 14.0. The van der Waals surface area contributed by atoms with Gasteiger partial charge < -0.3 is 20.6 Å². The zero-order valence-corrected chi connectivity index (χ0v) is 25.5. The third-order valence-electron chi connectivity index (χ3n) is 8.15. The fourth-order valence-corrected chi connectivity index (χ4v) is 5.65. The maximum Gasteiger partial charge on any atom is 0.230 e. The molecule has 43 heavy (non-hydrogen) atoms. The highest BCUT2D eigenvalue weighted by atomic mass is 19.1. The largest absolute Gasteiger partial charge is 0.396 e. The van der Waals surface area contributed by atoms with E-state index in [1.807, 2.05) is 13.0 Å². The lowest BCUT2D eigenvalue weighted by Gasteiger charge is -2.41. The van der Waals surface area contributed by atoms with Crippen LogP contribution in [0.2, 0.25) is 0 Å². The minimum absolute atomic E-state index is 0.0339. The lowest BCUT2D eigenvalue weighted by atomic mass is 9.74. The summed E-state index contributed by atoms with van der Waals surface area (Å²) in [6.07, 6.45) is 1.74. The van der Waals surface area contributed by atoms with E-state index in [1.54, 1.807) is 24.3 Å². The highest BCUT2D eigenvalue weighted by Crippen LogP contribution is 2.38. The van der Waals surface area contributed by atoms with Gasteiger partial charge in [-0.25, -0.2) is 8.78 Å². The predicted octanol–water partition coefficient (Wildman–Crippen LogP) is 6.87. The number of aliphatic hydroxyl groups is 1. The van der Waals surface area contributed by atoms with E-state index in [9.17, 15) is 18.7 Å². The van der Waals surface area contributed by atoms with Crippen LogP contribution in [0.3, 0.4) is 0 Å². The molecular weight excluding hydrogens is 548 g/mol. The highest BCUT2D eigenvalue weighted by Gasteiger charge is 2.38. The van der Waals surface area contributed by atoms with E-state index >= 15 is 0 Å². The first-order chi connectivity index (χ1) is 20.5. The number of hydrogen-bond acceptors (Lipinski definition) is 5. The number of carbonyl (C=O) groups excluding carboxylic acids is 1. The molecule has 3 aromatic carbocycles. The molecule has 8 heteroatoms. The van der Waals surface area contributed by atoms with Crippen LogP contribution in [0.25, 0.3) is 0 Å². The van der Waals surface area contributed by atoms with Crippen molar-refractivity contribution >= 4 is 17.3 Å². The highest BCUT2D eigenvalue weighted by molar-refractivity contribution is 5.93. The van der Waals surface area contributed by atoms with Gasteiger partial charge in [0, 0.05) is 23.8 Å². The number of nitrogens with zero attached hydrogens (tertiary/aromatic N) is 1. The predicted molar refractivity (Wildman–Crippen MR) is 167 cm³/mol. The third-order valence-corrected chi connectivity index (χ3v) is 8.15. The molecule has 3 N–H and O–H groups in total. The Labute approximate surface area is 253 Å². The molecule has 0 aliphatic heterocycles. The fourth-order valence-electron chi connectivity index (χ4n) is 5.65. The monoisotopic (exact) mass is 591 g/mol. The molecule has 0 saturated heterocycles. The molecule has 230 valence electrons. The van der Waals surface area contributed by atoms with Crippen LogP contribution >= 0.6 is 0 Å². The first-order valence-corrected chi connectivity index (χ1v) is 15.0. The standard InChI is InChI=1S/C35H43F2N3O3/c1-5-43-40-30-14-16-35(17-15-30,26-11-9-10-25(21-26)34(2,3)4)38-23-32(41)31(20-24-18-27(36)22-28(37)19-24)33(42)39-29-12-7-6-8-13-29/h6-13,18-19,21-22,31-32,38,41H,5,14-17,20,23H2,1-4H3,(H,39,42). The number of carbonyl (C=O) groups is 1. The van der Waals surface area contributed by atoms with Crippen molar-refractivity contribution in [1.82, 2.24) is 5.32 Å². The van der Waals surface area contributed by atoms with Gasteiger partial charge in [0.1, 0.15) is 18.2 Å². The van der Waals surface area contributed by atoms with Gasteiger partial charge in [-0.1, -0.05) is 68.4 Å². The van der Waals surface area contributed by atoms with Crippen molar-refractivity contribution in [3.8, 4) is 0 Å². The van der Waals surface area contributed by atoms with Crippen LogP contribution in [-0.4, -0.2) is 36.0 Å².